The van der Waals surface area contributed by atoms with Gasteiger partial charge in [0.2, 0.25) is 5.91 Å². The number of hydrogen-bond donors (Lipinski definition) is 1. The van der Waals surface area contributed by atoms with Gasteiger partial charge in [0.05, 0.1) is 0 Å². The monoisotopic (exact) mass is 377 g/mol. The van der Waals surface area contributed by atoms with Crippen molar-refractivity contribution in [2.45, 2.75) is 39.5 Å². The van der Waals surface area contributed by atoms with Crippen LogP contribution in [0.2, 0.25) is 10.0 Å². The number of amides is 1. The molecule has 0 saturated heterocycles. The Hall–Kier alpha value is -1.51. The number of benzene rings is 2. The SMILES string of the molecule is CC(c1ccc(Cl)cc1)C(CNC(=O)C(C)(C)C)c1ccc(Cl)cc1. The molecule has 0 bridgehead atoms. The lowest BCUT2D eigenvalue weighted by Crippen LogP contribution is -2.38. The van der Waals surface area contributed by atoms with Gasteiger partial charge in [0.15, 0.2) is 0 Å². The predicted octanol–water partition coefficient (Wildman–Crippen LogP) is 6.04. The van der Waals surface area contributed by atoms with E-state index in [-0.39, 0.29) is 17.7 Å². The van der Waals surface area contributed by atoms with Crippen molar-refractivity contribution < 1.29 is 4.79 Å². The summed E-state index contributed by atoms with van der Waals surface area (Å²) < 4.78 is 0. The van der Waals surface area contributed by atoms with E-state index in [0.717, 1.165) is 10.6 Å². The van der Waals surface area contributed by atoms with Crippen molar-refractivity contribution in [1.82, 2.24) is 5.32 Å². The third kappa shape index (κ3) is 5.49. The number of halogens is 2. The van der Waals surface area contributed by atoms with Gasteiger partial charge < -0.3 is 5.32 Å². The van der Waals surface area contributed by atoms with Gasteiger partial charge in [-0.05, 0) is 41.3 Å². The molecule has 2 nitrogen and oxygen atoms in total. The Kier molecular flexibility index (Phi) is 6.53. The van der Waals surface area contributed by atoms with E-state index in [1.165, 1.54) is 5.56 Å². The molecule has 2 unspecified atom stereocenters. The first-order valence-electron chi connectivity index (χ1n) is 8.47. The molecule has 1 amide bonds. The summed E-state index contributed by atoms with van der Waals surface area (Å²) in [5.41, 5.74) is 1.93. The molecule has 134 valence electrons. The molecule has 0 fully saturated rings. The Morgan fingerprint density at radius 3 is 1.80 bits per heavy atom. The molecular weight excluding hydrogens is 353 g/mol. The lowest BCUT2D eigenvalue weighted by atomic mass is 9.82. The normalized spacial score (nSPS) is 14.0. The van der Waals surface area contributed by atoms with Crippen LogP contribution >= 0.6 is 23.2 Å². The molecular formula is C21H25Cl2NO. The maximum absolute atomic E-state index is 12.3. The minimum Gasteiger partial charge on any atom is -0.355 e. The highest BCUT2D eigenvalue weighted by atomic mass is 35.5. The molecule has 1 N–H and O–H groups in total. The van der Waals surface area contributed by atoms with Crippen molar-refractivity contribution in [1.29, 1.82) is 0 Å². The average Bonchev–Trinajstić information content (AvgIpc) is 2.56. The van der Waals surface area contributed by atoms with Crippen molar-refractivity contribution >= 4 is 29.1 Å². The zero-order valence-corrected chi connectivity index (χ0v) is 16.7. The second-order valence-corrected chi connectivity index (χ2v) is 8.33. The van der Waals surface area contributed by atoms with Crippen LogP contribution in [0.25, 0.3) is 0 Å². The van der Waals surface area contributed by atoms with Crippen LogP contribution in [0, 0.1) is 5.41 Å². The summed E-state index contributed by atoms with van der Waals surface area (Å²) in [7, 11) is 0. The van der Waals surface area contributed by atoms with Crippen LogP contribution in [-0.4, -0.2) is 12.5 Å². The topological polar surface area (TPSA) is 29.1 Å². The summed E-state index contributed by atoms with van der Waals surface area (Å²) in [6.45, 7) is 8.50. The zero-order chi connectivity index (χ0) is 18.6. The molecule has 0 spiro atoms. The van der Waals surface area contributed by atoms with E-state index in [9.17, 15) is 4.79 Å². The maximum atomic E-state index is 12.3. The van der Waals surface area contributed by atoms with Gasteiger partial charge in [-0.3, -0.25) is 4.79 Å². The van der Waals surface area contributed by atoms with Crippen LogP contribution in [0.4, 0.5) is 0 Å². The van der Waals surface area contributed by atoms with Gasteiger partial charge in [-0.2, -0.15) is 0 Å². The lowest BCUT2D eigenvalue weighted by Gasteiger charge is -2.27. The molecule has 25 heavy (non-hydrogen) atoms. The van der Waals surface area contributed by atoms with Crippen molar-refractivity contribution in [2.75, 3.05) is 6.54 Å². The van der Waals surface area contributed by atoms with Gasteiger partial charge in [-0.15, -0.1) is 0 Å². The Bertz CT molecular complexity index is 702. The van der Waals surface area contributed by atoms with Gasteiger partial charge in [0.1, 0.15) is 0 Å². The fourth-order valence-corrected chi connectivity index (χ4v) is 3.01. The molecule has 0 radical (unpaired) electrons. The number of hydrogen-bond acceptors (Lipinski definition) is 1. The van der Waals surface area contributed by atoms with Gasteiger partial charge in [0, 0.05) is 27.9 Å². The molecule has 0 aliphatic heterocycles. The zero-order valence-electron chi connectivity index (χ0n) is 15.1. The van der Waals surface area contributed by atoms with Crippen LogP contribution in [0.1, 0.15) is 50.7 Å². The largest absolute Gasteiger partial charge is 0.355 e. The molecule has 2 atom stereocenters. The Balaban J connectivity index is 2.26. The molecule has 2 aromatic carbocycles. The van der Waals surface area contributed by atoms with Crippen LogP contribution in [0.3, 0.4) is 0 Å². The minimum absolute atomic E-state index is 0.0507. The highest BCUT2D eigenvalue weighted by Crippen LogP contribution is 2.33. The third-order valence-electron chi connectivity index (χ3n) is 4.46. The molecule has 2 rings (SSSR count). The summed E-state index contributed by atoms with van der Waals surface area (Å²) in [6, 6.07) is 15.7. The first kappa shape index (κ1) is 19.8. The standard InChI is InChI=1S/C21H25Cl2NO/c1-14(15-5-9-17(22)10-6-15)19(13-24-20(25)21(2,3)4)16-7-11-18(23)12-8-16/h5-12,14,19H,13H2,1-4H3,(H,24,25). The summed E-state index contributed by atoms with van der Waals surface area (Å²) in [6.07, 6.45) is 0. The maximum Gasteiger partial charge on any atom is 0.225 e. The summed E-state index contributed by atoms with van der Waals surface area (Å²) in [5.74, 6) is 0.415. The number of carbonyl (C=O) groups is 1. The van der Waals surface area contributed by atoms with Crippen LogP contribution in [0.5, 0.6) is 0 Å². The molecule has 0 aliphatic carbocycles. The van der Waals surface area contributed by atoms with Gasteiger partial charge in [-0.1, -0.05) is 75.2 Å². The second-order valence-electron chi connectivity index (χ2n) is 7.46. The summed E-state index contributed by atoms with van der Waals surface area (Å²) in [4.78, 5) is 12.3. The molecule has 0 saturated carbocycles. The molecule has 4 heteroatoms. The lowest BCUT2D eigenvalue weighted by molar-refractivity contribution is -0.128. The predicted molar refractivity (Wildman–Crippen MR) is 107 cm³/mol. The van der Waals surface area contributed by atoms with E-state index >= 15 is 0 Å². The van der Waals surface area contributed by atoms with E-state index in [2.05, 4.69) is 12.2 Å². The Morgan fingerprint density at radius 2 is 1.36 bits per heavy atom. The first-order chi connectivity index (χ1) is 11.7. The van der Waals surface area contributed by atoms with E-state index < -0.39 is 5.41 Å². The third-order valence-corrected chi connectivity index (χ3v) is 4.97. The first-order valence-corrected chi connectivity index (χ1v) is 9.23. The number of nitrogens with one attached hydrogen (secondary N) is 1. The van der Waals surface area contributed by atoms with E-state index in [1.807, 2.05) is 69.3 Å². The molecule has 0 aromatic heterocycles. The highest BCUT2D eigenvalue weighted by molar-refractivity contribution is 6.30. The number of rotatable bonds is 5. The van der Waals surface area contributed by atoms with Gasteiger partial charge >= 0.3 is 0 Å². The smallest absolute Gasteiger partial charge is 0.225 e. The average molecular weight is 378 g/mol. The van der Waals surface area contributed by atoms with Gasteiger partial charge in [0.25, 0.3) is 0 Å². The molecule has 0 heterocycles. The van der Waals surface area contributed by atoms with Crippen molar-refractivity contribution in [3.8, 4) is 0 Å². The van der Waals surface area contributed by atoms with Crippen LogP contribution in [-0.2, 0) is 4.79 Å². The minimum atomic E-state index is -0.409. The van der Waals surface area contributed by atoms with Crippen molar-refractivity contribution in [2.24, 2.45) is 5.41 Å². The van der Waals surface area contributed by atoms with Crippen molar-refractivity contribution in [3.05, 3.63) is 69.7 Å². The fourth-order valence-electron chi connectivity index (χ4n) is 2.76. The van der Waals surface area contributed by atoms with E-state index in [4.69, 9.17) is 23.2 Å². The second kappa shape index (κ2) is 8.25. The van der Waals surface area contributed by atoms with Crippen LogP contribution in [0.15, 0.2) is 48.5 Å². The van der Waals surface area contributed by atoms with E-state index in [1.54, 1.807) is 0 Å². The Labute approximate surface area is 160 Å². The van der Waals surface area contributed by atoms with Gasteiger partial charge in [-0.25, -0.2) is 0 Å². The number of carbonyl (C=O) groups excluding carboxylic acids is 1. The summed E-state index contributed by atoms with van der Waals surface area (Å²) in [5, 5.41) is 4.53. The fraction of sp³-hybridized carbons (Fsp3) is 0.381. The highest BCUT2D eigenvalue weighted by Gasteiger charge is 2.25. The molecule has 2 aromatic rings. The van der Waals surface area contributed by atoms with Crippen molar-refractivity contribution in [3.63, 3.8) is 0 Å². The summed E-state index contributed by atoms with van der Waals surface area (Å²) >= 11 is 12.0. The Morgan fingerprint density at radius 1 is 0.920 bits per heavy atom. The molecule has 0 aliphatic rings. The quantitative estimate of drug-likeness (QED) is 0.675. The van der Waals surface area contributed by atoms with Crippen LogP contribution < -0.4 is 5.32 Å². The van der Waals surface area contributed by atoms with E-state index in [0.29, 0.717) is 11.6 Å².